The summed E-state index contributed by atoms with van der Waals surface area (Å²) in [6.45, 7) is 0. The highest BCUT2D eigenvalue weighted by Crippen LogP contribution is 2.36. The van der Waals surface area contributed by atoms with Crippen LogP contribution in [0.4, 0.5) is 13.2 Å². The average Bonchev–Trinajstić information content (AvgIpc) is 2.90. The number of carbonyl (C=O) groups is 1. The van der Waals surface area contributed by atoms with Crippen LogP contribution < -0.4 is 0 Å². The van der Waals surface area contributed by atoms with Gasteiger partial charge in [0.15, 0.2) is 5.78 Å². The van der Waals surface area contributed by atoms with Gasteiger partial charge in [-0.05, 0) is 46.1 Å². The van der Waals surface area contributed by atoms with Crippen LogP contribution >= 0.6 is 27.3 Å². The number of ketones is 1. The van der Waals surface area contributed by atoms with Gasteiger partial charge in [0.05, 0.1) is 10.4 Å². The predicted molar refractivity (Wildman–Crippen MR) is 93.6 cm³/mol. The minimum atomic E-state index is -4.34. The monoisotopic (exact) mass is 412 g/mol. The van der Waals surface area contributed by atoms with Crippen LogP contribution in [-0.2, 0) is 12.6 Å². The van der Waals surface area contributed by atoms with E-state index in [2.05, 4.69) is 15.9 Å². The summed E-state index contributed by atoms with van der Waals surface area (Å²) in [5.74, 6) is -0.0111. The highest BCUT2D eigenvalue weighted by atomic mass is 79.9. The van der Waals surface area contributed by atoms with Gasteiger partial charge in [-0.25, -0.2) is 0 Å². The number of rotatable bonds is 4. The lowest BCUT2D eigenvalue weighted by Gasteiger charge is -2.07. The fourth-order valence-electron chi connectivity index (χ4n) is 2.43. The number of halogens is 4. The molecule has 0 saturated heterocycles. The van der Waals surface area contributed by atoms with E-state index in [0.717, 1.165) is 26.7 Å². The Hall–Kier alpha value is -1.66. The van der Waals surface area contributed by atoms with Crippen molar-refractivity contribution >= 4 is 43.1 Å². The van der Waals surface area contributed by atoms with Crippen LogP contribution in [0.1, 0.15) is 27.2 Å². The number of alkyl halides is 3. The topological polar surface area (TPSA) is 17.1 Å². The quantitative estimate of drug-likeness (QED) is 0.447. The van der Waals surface area contributed by atoms with Crippen molar-refractivity contribution in [3.8, 4) is 0 Å². The van der Waals surface area contributed by atoms with E-state index in [4.69, 9.17) is 0 Å². The van der Waals surface area contributed by atoms with Crippen LogP contribution in [0.15, 0.2) is 53.0 Å². The Morgan fingerprint density at radius 3 is 2.33 bits per heavy atom. The number of benzene rings is 2. The summed E-state index contributed by atoms with van der Waals surface area (Å²) in [6.07, 6.45) is -3.66. The maximum absolute atomic E-state index is 12.5. The first kappa shape index (κ1) is 17.2. The summed E-state index contributed by atoms with van der Waals surface area (Å²) >= 11 is 4.90. The third-order valence-corrected chi connectivity index (χ3v) is 6.01. The molecule has 0 amide bonds. The molecule has 0 atom stereocenters. The maximum atomic E-state index is 12.5. The molecular weight excluding hydrogens is 401 g/mol. The minimum absolute atomic E-state index is 0.0111. The fraction of sp³-hybridized carbons (Fsp3) is 0.167. The smallest absolute Gasteiger partial charge is 0.293 e. The van der Waals surface area contributed by atoms with E-state index in [0.29, 0.717) is 16.9 Å². The van der Waals surface area contributed by atoms with Gasteiger partial charge in [-0.1, -0.05) is 30.3 Å². The van der Waals surface area contributed by atoms with Crippen molar-refractivity contribution in [3.05, 3.63) is 69.0 Å². The zero-order valence-electron chi connectivity index (χ0n) is 12.4. The molecule has 0 spiro atoms. The normalized spacial score (nSPS) is 11.8. The Morgan fingerprint density at radius 2 is 1.71 bits per heavy atom. The van der Waals surface area contributed by atoms with Crippen LogP contribution in [0.3, 0.4) is 0 Å². The van der Waals surface area contributed by atoms with Gasteiger partial charge in [-0.2, -0.15) is 13.2 Å². The number of carbonyl (C=O) groups excluding carboxylic acids is 1. The molecule has 124 valence electrons. The number of Topliss-reactive ketones (excluding diaryl/α,β-unsaturated/α-hetero) is 1. The minimum Gasteiger partial charge on any atom is -0.293 e. The van der Waals surface area contributed by atoms with Crippen molar-refractivity contribution in [1.82, 2.24) is 0 Å². The molecule has 1 heterocycles. The van der Waals surface area contributed by atoms with Crippen molar-refractivity contribution in [2.75, 3.05) is 0 Å². The summed E-state index contributed by atoms with van der Waals surface area (Å²) in [7, 11) is 0. The van der Waals surface area contributed by atoms with Crippen LogP contribution in [0.5, 0.6) is 0 Å². The van der Waals surface area contributed by atoms with Gasteiger partial charge in [0, 0.05) is 21.0 Å². The first-order valence-corrected chi connectivity index (χ1v) is 8.83. The molecule has 3 rings (SSSR count). The molecule has 0 fully saturated rings. The molecule has 0 aliphatic carbocycles. The molecule has 24 heavy (non-hydrogen) atoms. The van der Waals surface area contributed by atoms with E-state index < -0.39 is 11.7 Å². The highest BCUT2D eigenvalue weighted by molar-refractivity contribution is 9.10. The Morgan fingerprint density at radius 1 is 1.04 bits per heavy atom. The molecule has 1 aromatic heterocycles. The summed E-state index contributed by atoms with van der Waals surface area (Å²) < 4.78 is 39.5. The van der Waals surface area contributed by atoms with Crippen molar-refractivity contribution in [3.63, 3.8) is 0 Å². The third-order valence-electron chi connectivity index (χ3n) is 3.71. The Labute approximate surface area is 149 Å². The first-order chi connectivity index (χ1) is 11.4. The van der Waals surface area contributed by atoms with Crippen molar-refractivity contribution in [2.45, 2.75) is 19.0 Å². The molecule has 0 unspecified atom stereocenters. The second-order valence-corrected chi connectivity index (χ2v) is 7.20. The lowest BCUT2D eigenvalue weighted by atomic mass is 10.0. The van der Waals surface area contributed by atoms with Crippen LogP contribution in [0.25, 0.3) is 10.1 Å². The van der Waals surface area contributed by atoms with Gasteiger partial charge in [-0.3, -0.25) is 4.79 Å². The van der Waals surface area contributed by atoms with Gasteiger partial charge < -0.3 is 0 Å². The lowest BCUT2D eigenvalue weighted by molar-refractivity contribution is -0.137. The number of hydrogen-bond acceptors (Lipinski definition) is 2. The largest absolute Gasteiger partial charge is 0.416 e. The molecule has 0 bridgehead atoms. The van der Waals surface area contributed by atoms with E-state index >= 15 is 0 Å². The standard InChI is InChI=1S/C18H12BrF3OS/c19-16-13-3-1-2-4-15(13)24-17(16)14(23)10-7-11-5-8-12(9-6-11)18(20,21)22/h1-6,8-9H,7,10H2. The van der Waals surface area contributed by atoms with Gasteiger partial charge in [0.1, 0.15) is 0 Å². The van der Waals surface area contributed by atoms with Crippen molar-refractivity contribution in [2.24, 2.45) is 0 Å². The summed E-state index contributed by atoms with van der Waals surface area (Å²) in [5.41, 5.74) is 0.0402. The number of fused-ring (bicyclic) bond motifs is 1. The van der Waals surface area contributed by atoms with Crippen molar-refractivity contribution in [1.29, 1.82) is 0 Å². The molecule has 0 saturated carbocycles. The van der Waals surface area contributed by atoms with Gasteiger partial charge >= 0.3 is 6.18 Å². The molecule has 0 radical (unpaired) electrons. The molecule has 6 heteroatoms. The van der Waals surface area contributed by atoms with Gasteiger partial charge in [0.2, 0.25) is 0 Å². The number of hydrogen-bond donors (Lipinski definition) is 0. The van der Waals surface area contributed by atoms with E-state index in [1.165, 1.54) is 23.5 Å². The summed E-state index contributed by atoms with van der Waals surface area (Å²) in [5, 5.41) is 1.00. The van der Waals surface area contributed by atoms with Gasteiger partial charge in [0.25, 0.3) is 0 Å². The summed E-state index contributed by atoms with van der Waals surface area (Å²) in [6, 6.07) is 12.7. The Kier molecular flexibility index (Phi) is 4.78. The molecule has 0 aliphatic heterocycles. The average molecular weight is 413 g/mol. The van der Waals surface area contributed by atoms with E-state index in [9.17, 15) is 18.0 Å². The van der Waals surface area contributed by atoms with Gasteiger partial charge in [-0.15, -0.1) is 11.3 Å². The fourth-order valence-corrected chi connectivity index (χ4v) is 4.43. The van der Waals surface area contributed by atoms with Crippen LogP contribution in [0, 0.1) is 0 Å². The SMILES string of the molecule is O=C(CCc1ccc(C(F)(F)F)cc1)c1sc2ccccc2c1Br. The van der Waals surface area contributed by atoms with E-state index in [1.807, 2.05) is 24.3 Å². The molecule has 1 nitrogen and oxygen atoms in total. The highest BCUT2D eigenvalue weighted by Gasteiger charge is 2.29. The Bertz CT molecular complexity index is 881. The summed E-state index contributed by atoms with van der Waals surface area (Å²) in [4.78, 5) is 13.1. The zero-order chi connectivity index (χ0) is 17.3. The lowest BCUT2D eigenvalue weighted by Crippen LogP contribution is -2.05. The van der Waals surface area contributed by atoms with E-state index in [1.54, 1.807) is 0 Å². The van der Waals surface area contributed by atoms with Crippen LogP contribution in [-0.4, -0.2) is 5.78 Å². The molecule has 0 N–H and O–H groups in total. The molecule has 0 aliphatic rings. The second kappa shape index (κ2) is 6.69. The molecular formula is C18H12BrF3OS. The van der Waals surface area contributed by atoms with Crippen molar-refractivity contribution < 1.29 is 18.0 Å². The predicted octanol–water partition coefficient (Wildman–Crippen LogP) is 6.50. The number of thiophene rings is 1. The third kappa shape index (κ3) is 3.54. The second-order valence-electron chi connectivity index (χ2n) is 5.36. The first-order valence-electron chi connectivity index (χ1n) is 7.22. The zero-order valence-corrected chi connectivity index (χ0v) is 14.8. The molecule has 3 aromatic rings. The maximum Gasteiger partial charge on any atom is 0.416 e. The number of aryl methyl sites for hydroxylation is 1. The van der Waals surface area contributed by atoms with E-state index in [-0.39, 0.29) is 12.2 Å². The van der Waals surface area contributed by atoms with Crippen LogP contribution in [0.2, 0.25) is 0 Å². The Balaban J connectivity index is 1.72. The molecule has 2 aromatic carbocycles.